The van der Waals surface area contributed by atoms with E-state index in [1.165, 1.54) is 12.1 Å². The molecule has 2 nitrogen and oxygen atoms in total. The molecule has 1 aromatic carbocycles. The minimum Gasteiger partial charge on any atom is -0.292 e. The van der Waals surface area contributed by atoms with Crippen LogP contribution in [0.2, 0.25) is 0 Å². The number of rotatable bonds is 8. The lowest BCUT2D eigenvalue weighted by atomic mass is 9.59. The lowest BCUT2D eigenvalue weighted by molar-refractivity contribution is -0.138. The minimum absolute atomic E-state index is 0.0663. The van der Waals surface area contributed by atoms with Crippen LogP contribution < -0.4 is 0 Å². The second kappa shape index (κ2) is 9.94. The van der Waals surface area contributed by atoms with Gasteiger partial charge in [0.1, 0.15) is 5.69 Å². The molecule has 2 aromatic rings. The first-order valence-electron chi connectivity index (χ1n) is 11.8. The molecular weight excluding hydrogens is 468 g/mol. The molecule has 0 radical (unpaired) electrons. The van der Waals surface area contributed by atoms with Crippen LogP contribution in [-0.2, 0) is 25.2 Å². The molecule has 3 rings (SSSR count). The maximum atomic E-state index is 13.1. The van der Waals surface area contributed by atoms with E-state index < -0.39 is 23.5 Å². The monoisotopic (exact) mass is 499 g/mol. The Hall–Kier alpha value is -2.38. The molecule has 8 heteroatoms. The smallest absolute Gasteiger partial charge is 0.292 e. The van der Waals surface area contributed by atoms with E-state index in [4.69, 9.17) is 0 Å². The number of alkyl halides is 6. The molecule has 0 atom stereocenters. The van der Waals surface area contributed by atoms with Gasteiger partial charge in [-0.3, -0.25) is 9.78 Å². The molecule has 1 aliphatic carbocycles. The lowest BCUT2D eigenvalue weighted by Crippen LogP contribution is -2.38. The minimum atomic E-state index is -4.52. The third-order valence-corrected chi connectivity index (χ3v) is 6.92. The van der Waals surface area contributed by atoms with Gasteiger partial charge >= 0.3 is 12.4 Å². The number of nitrogens with zero attached hydrogens (tertiary/aromatic N) is 1. The highest BCUT2D eigenvalue weighted by atomic mass is 19.4. The molecule has 1 heterocycles. The summed E-state index contributed by atoms with van der Waals surface area (Å²) in [6.07, 6.45) is -5.67. The molecule has 1 fully saturated rings. The molecule has 192 valence electrons. The van der Waals surface area contributed by atoms with E-state index in [2.05, 4.69) is 4.98 Å². The number of ketones is 1. The van der Waals surface area contributed by atoms with Crippen molar-refractivity contribution in [3.05, 3.63) is 64.5 Å². The summed E-state index contributed by atoms with van der Waals surface area (Å²) in [4.78, 5) is 16.8. The second-order valence-corrected chi connectivity index (χ2v) is 10.9. The van der Waals surface area contributed by atoms with E-state index in [1.807, 2.05) is 27.7 Å². The average molecular weight is 500 g/mol. The molecule has 0 bridgehead atoms. The van der Waals surface area contributed by atoms with Crippen molar-refractivity contribution in [3.63, 3.8) is 0 Å². The van der Waals surface area contributed by atoms with Gasteiger partial charge in [0.2, 0.25) is 0 Å². The maximum Gasteiger partial charge on any atom is 0.417 e. The van der Waals surface area contributed by atoms with Crippen molar-refractivity contribution in [1.82, 2.24) is 4.98 Å². The predicted molar refractivity (Wildman–Crippen MR) is 122 cm³/mol. The number of hydrogen-bond donors (Lipinski definition) is 0. The quantitative estimate of drug-likeness (QED) is 0.271. The van der Waals surface area contributed by atoms with Crippen molar-refractivity contribution < 1.29 is 31.1 Å². The van der Waals surface area contributed by atoms with Gasteiger partial charge in [0.15, 0.2) is 5.78 Å². The number of halogens is 6. The average Bonchev–Trinajstić information content (AvgIpc) is 2.68. The molecule has 35 heavy (non-hydrogen) atoms. The first-order chi connectivity index (χ1) is 16.1. The molecule has 0 N–H and O–H groups in total. The van der Waals surface area contributed by atoms with Gasteiger partial charge < -0.3 is 0 Å². The zero-order chi connectivity index (χ0) is 26.2. The summed E-state index contributed by atoms with van der Waals surface area (Å²) in [6.45, 7) is 7.79. The fourth-order valence-corrected chi connectivity index (χ4v) is 4.94. The Kier molecular flexibility index (Phi) is 7.73. The third kappa shape index (κ3) is 6.85. The normalized spacial score (nSPS) is 19.1. The van der Waals surface area contributed by atoms with E-state index in [0.717, 1.165) is 31.2 Å². The van der Waals surface area contributed by atoms with Crippen LogP contribution in [-0.4, -0.2) is 10.8 Å². The highest BCUT2D eigenvalue weighted by molar-refractivity contribution is 5.95. The molecule has 0 spiro atoms. The summed E-state index contributed by atoms with van der Waals surface area (Å²) in [5.41, 5.74) is -0.719. The number of carbonyl (C=O) groups excluding carboxylic acids is 1. The summed E-state index contributed by atoms with van der Waals surface area (Å²) in [6, 6.07) is 6.39. The number of benzene rings is 1. The van der Waals surface area contributed by atoms with E-state index in [0.29, 0.717) is 24.0 Å². The third-order valence-electron chi connectivity index (χ3n) is 6.92. The van der Waals surface area contributed by atoms with Gasteiger partial charge in [0.05, 0.1) is 11.1 Å². The van der Waals surface area contributed by atoms with Gasteiger partial charge in [-0.2, -0.15) is 26.3 Å². The zero-order valence-electron chi connectivity index (χ0n) is 20.4. The number of carbonyl (C=O) groups is 1. The summed E-state index contributed by atoms with van der Waals surface area (Å²) < 4.78 is 78.5. The Morgan fingerprint density at radius 1 is 1.00 bits per heavy atom. The first kappa shape index (κ1) is 27.2. The van der Waals surface area contributed by atoms with Crippen molar-refractivity contribution in [2.24, 2.45) is 23.2 Å². The van der Waals surface area contributed by atoms with Crippen molar-refractivity contribution >= 4 is 5.78 Å². The lowest BCUT2D eigenvalue weighted by Gasteiger charge is -2.45. The first-order valence-corrected chi connectivity index (χ1v) is 11.8. The molecule has 0 aliphatic heterocycles. The largest absolute Gasteiger partial charge is 0.417 e. The summed E-state index contributed by atoms with van der Waals surface area (Å²) in [5, 5.41) is 0. The maximum absolute atomic E-state index is 13.1. The molecule has 0 saturated heterocycles. The van der Waals surface area contributed by atoms with Crippen LogP contribution in [0.15, 0.2) is 36.5 Å². The van der Waals surface area contributed by atoms with Crippen LogP contribution in [0.1, 0.15) is 79.7 Å². The number of pyridine rings is 1. The molecule has 0 amide bonds. The zero-order valence-corrected chi connectivity index (χ0v) is 20.4. The van der Waals surface area contributed by atoms with Crippen molar-refractivity contribution in [2.45, 2.75) is 72.2 Å². The number of aromatic nitrogens is 1. The van der Waals surface area contributed by atoms with Crippen LogP contribution in [0.25, 0.3) is 0 Å². The molecule has 1 aromatic heterocycles. The van der Waals surface area contributed by atoms with Crippen molar-refractivity contribution in [1.29, 1.82) is 0 Å². The van der Waals surface area contributed by atoms with Crippen LogP contribution in [0.5, 0.6) is 0 Å². The van der Waals surface area contributed by atoms with Crippen LogP contribution in [0.3, 0.4) is 0 Å². The second-order valence-electron chi connectivity index (χ2n) is 10.9. The van der Waals surface area contributed by atoms with Gasteiger partial charge in [-0.15, -0.1) is 0 Å². The van der Waals surface area contributed by atoms with Gasteiger partial charge in [-0.1, -0.05) is 45.9 Å². The van der Waals surface area contributed by atoms with E-state index >= 15 is 0 Å². The highest BCUT2D eigenvalue weighted by Gasteiger charge is 2.41. The molecule has 1 aliphatic rings. The molecular formula is C27H31F6NO. The number of hydrogen-bond acceptors (Lipinski definition) is 2. The topological polar surface area (TPSA) is 30.0 Å². The van der Waals surface area contributed by atoms with Crippen molar-refractivity contribution in [2.75, 3.05) is 0 Å². The van der Waals surface area contributed by atoms with Crippen molar-refractivity contribution in [3.8, 4) is 0 Å². The van der Waals surface area contributed by atoms with Gasteiger partial charge in [-0.25, -0.2) is 0 Å². The molecule has 1 saturated carbocycles. The standard InChI is InChI=1S/C27H31F6NO/c1-16(2)8-19-13-22(27(31,32)33)15-34-24(19)23(35)12-18-10-21(11-18)25(3,4)14-17-6-5-7-20(9-17)26(28,29)30/h5-7,9,13,15-16,18,21H,8,10-12,14H2,1-4H3. The Labute approximate surface area is 202 Å². The Balaban J connectivity index is 1.64. The Bertz CT molecular complexity index is 1050. The van der Waals surface area contributed by atoms with Crippen LogP contribution >= 0.6 is 0 Å². The van der Waals surface area contributed by atoms with Gasteiger partial charge in [0, 0.05) is 12.6 Å². The van der Waals surface area contributed by atoms with Crippen LogP contribution in [0.4, 0.5) is 26.3 Å². The SMILES string of the molecule is CC(C)Cc1cc(C(F)(F)F)cnc1C(=O)CC1CC(C(C)(C)Cc2cccc(C(F)(F)F)c2)C1. The van der Waals surface area contributed by atoms with Gasteiger partial charge in [-0.05, 0) is 72.1 Å². The molecule has 0 unspecified atom stereocenters. The van der Waals surface area contributed by atoms with E-state index in [1.54, 1.807) is 6.07 Å². The Morgan fingerprint density at radius 3 is 2.20 bits per heavy atom. The number of Topliss-reactive ketones (excluding diaryl/α,β-unsaturated/α-hetero) is 1. The fraction of sp³-hybridized carbons (Fsp3) is 0.556. The predicted octanol–water partition coefficient (Wildman–Crippen LogP) is 8.19. The Morgan fingerprint density at radius 2 is 1.63 bits per heavy atom. The van der Waals surface area contributed by atoms with Gasteiger partial charge in [0.25, 0.3) is 0 Å². The van der Waals surface area contributed by atoms with E-state index in [9.17, 15) is 31.1 Å². The van der Waals surface area contributed by atoms with Crippen LogP contribution in [0, 0.1) is 23.2 Å². The fourth-order valence-electron chi connectivity index (χ4n) is 4.94. The summed E-state index contributed by atoms with van der Waals surface area (Å²) >= 11 is 0. The summed E-state index contributed by atoms with van der Waals surface area (Å²) in [7, 11) is 0. The van der Waals surface area contributed by atoms with E-state index in [-0.39, 0.29) is 41.1 Å². The summed E-state index contributed by atoms with van der Waals surface area (Å²) in [5.74, 6) is 0.139. The highest BCUT2D eigenvalue weighted by Crippen LogP contribution is 2.49.